The molecule has 0 fully saturated rings. The highest BCUT2D eigenvalue weighted by molar-refractivity contribution is 7.13. The Morgan fingerprint density at radius 1 is 1.13 bits per heavy atom. The van der Waals surface area contributed by atoms with Crippen LogP contribution in [0.15, 0.2) is 60.0 Å². The quantitative estimate of drug-likeness (QED) is 0.385. The van der Waals surface area contributed by atoms with Gasteiger partial charge in [0.1, 0.15) is 11.4 Å². The average Bonchev–Trinajstić information content (AvgIpc) is 3.38. The molecule has 0 aliphatic heterocycles. The van der Waals surface area contributed by atoms with Gasteiger partial charge in [-0.25, -0.2) is 4.79 Å². The molecule has 0 saturated heterocycles. The standard InChI is InChI=1S/C25H22N2O3S/c1-25(2,3)30-22(28)15-29-17-11-10-16(14-26)19(13-17)23-18-7-4-5-8-20(18)27-24(23)21-9-6-12-31-21/h4-13,27H,15H2,1-3H3. The Morgan fingerprint density at radius 3 is 2.65 bits per heavy atom. The minimum atomic E-state index is -0.573. The van der Waals surface area contributed by atoms with E-state index >= 15 is 0 Å². The number of fused-ring (bicyclic) bond motifs is 1. The van der Waals surface area contributed by atoms with Gasteiger partial charge >= 0.3 is 5.97 Å². The molecular weight excluding hydrogens is 408 g/mol. The number of hydrogen-bond acceptors (Lipinski definition) is 5. The van der Waals surface area contributed by atoms with Crippen LogP contribution < -0.4 is 4.74 Å². The van der Waals surface area contributed by atoms with Crippen LogP contribution in [-0.2, 0) is 9.53 Å². The van der Waals surface area contributed by atoms with E-state index in [9.17, 15) is 10.1 Å². The van der Waals surface area contributed by atoms with Crippen molar-refractivity contribution in [1.82, 2.24) is 4.98 Å². The highest BCUT2D eigenvalue weighted by Gasteiger charge is 2.20. The maximum atomic E-state index is 12.0. The molecule has 0 atom stereocenters. The van der Waals surface area contributed by atoms with Gasteiger partial charge in [-0.05, 0) is 56.5 Å². The molecule has 0 amide bonds. The van der Waals surface area contributed by atoms with E-state index in [-0.39, 0.29) is 6.61 Å². The maximum Gasteiger partial charge on any atom is 0.344 e. The zero-order valence-electron chi connectivity index (χ0n) is 17.6. The van der Waals surface area contributed by atoms with E-state index in [0.717, 1.165) is 32.6 Å². The molecule has 0 aliphatic carbocycles. The summed E-state index contributed by atoms with van der Waals surface area (Å²) in [6.45, 7) is 5.24. The molecule has 2 aromatic heterocycles. The Labute approximate surface area is 184 Å². The molecule has 0 radical (unpaired) electrons. The molecule has 5 nitrogen and oxygen atoms in total. The van der Waals surface area contributed by atoms with Crippen molar-refractivity contribution < 1.29 is 14.3 Å². The second-order valence-electron chi connectivity index (χ2n) is 8.09. The Morgan fingerprint density at radius 2 is 1.94 bits per heavy atom. The second kappa shape index (κ2) is 8.29. The molecule has 0 bridgehead atoms. The number of benzene rings is 2. The summed E-state index contributed by atoms with van der Waals surface area (Å²) in [4.78, 5) is 16.6. The molecule has 31 heavy (non-hydrogen) atoms. The zero-order chi connectivity index (χ0) is 22.0. The van der Waals surface area contributed by atoms with E-state index in [4.69, 9.17) is 9.47 Å². The Hall–Kier alpha value is -3.56. The molecule has 0 aliphatic rings. The highest BCUT2D eigenvalue weighted by Crippen LogP contribution is 2.42. The van der Waals surface area contributed by atoms with Crippen molar-refractivity contribution in [3.05, 3.63) is 65.5 Å². The molecule has 4 rings (SSSR count). The summed E-state index contributed by atoms with van der Waals surface area (Å²) < 4.78 is 11.0. The van der Waals surface area contributed by atoms with Crippen LogP contribution >= 0.6 is 11.3 Å². The molecule has 156 valence electrons. The van der Waals surface area contributed by atoms with E-state index in [1.54, 1.807) is 23.5 Å². The fraction of sp³-hybridized carbons (Fsp3) is 0.200. The third-order valence-corrected chi connectivity index (χ3v) is 5.52. The second-order valence-corrected chi connectivity index (χ2v) is 9.04. The van der Waals surface area contributed by atoms with Gasteiger partial charge in [-0.1, -0.05) is 24.3 Å². The van der Waals surface area contributed by atoms with Crippen LogP contribution in [0.5, 0.6) is 5.75 Å². The number of H-pyrrole nitrogens is 1. The molecular formula is C25H22N2O3S. The first-order chi connectivity index (χ1) is 14.9. The first-order valence-electron chi connectivity index (χ1n) is 9.89. The number of nitriles is 1. The van der Waals surface area contributed by atoms with Crippen LogP contribution in [0.2, 0.25) is 0 Å². The summed E-state index contributed by atoms with van der Waals surface area (Å²) in [5.41, 5.74) is 3.60. The SMILES string of the molecule is CC(C)(C)OC(=O)COc1ccc(C#N)c(-c2c(-c3cccs3)[nH]c3ccccc23)c1. The zero-order valence-corrected chi connectivity index (χ0v) is 18.4. The summed E-state index contributed by atoms with van der Waals surface area (Å²) >= 11 is 1.63. The molecule has 0 saturated carbocycles. The molecule has 1 N–H and O–H groups in total. The number of carbonyl (C=O) groups is 1. The predicted octanol–water partition coefficient (Wildman–Crippen LogP) is 6.16. The number of thiophene rings is 1. The third kappa shape index (κ3) is 4.47. The van der Waals surface area contributed by atoms with Gasteiger partial charge in [0.25, 0.3) is 0 Å². The number of hydrogen-bond donors (Lipinski definition) is 1. The van der Waals surface area contributed by atoms with Crippen molar-refractivity contribution in [2.75, 3.05) is 6.61 Å². The monoisotopic (exact) mass is 430 g/mol. The van der Waals surface area contributed by atoms with Crippen molar-refractivity contribution in [3.8, 4) is 33.5 Å². The summed E-state index contributed by atoms with van der Waals surface area (Å²) in [7, 11) is 0. The first-order valence-corrected chi connectivity index (χ1v) is 10.8. The Balaban J connectivity index is 1.77. The molecule has 2 heterocycles. The minimum absolute atomic E-state index is 0.200. The van der Waals surface area contributed by atoms with Crippen LogP contribution in [-0.4, -0.2) is 23.2 Å². The third-order valence-electron chi connectivity index (χ3n) is 4.63. The molecule has 2 aromatic carbocycles. The summed E-state index contributed by atoms with van der Waals surface area (Å²) in [6, 6.07) is 19.6. The lowest BCUT2D eigenvalue weighted by atomic mass is 9.96. The fourth-order valence-corrected chi connectivity index (χ4v) is 4.19. The summed E-state index contributed by atoms with van der Waals surface area (Å²) in [6.07, 6.45) is 0. The lowest BCUT2D eigenvalue weighted by Crippen LogP contribution is -2.27. The van der Waals surface area contributed by atoms with Crippen LogP contribution in [0.4, 0.5) is 0 Å². The van der Waals surface area contributed by atoms with Gasteiger partial charge in [0.2, 0.25) is 0 Å². The summed E-state index contributed by atoms with van der Waals surface area (Å²) in [5.74, 6) is 0.0621. The van der Waals surface area contributed by atoms with Crippen molar-refractivity contribution in [1.29, 1.82) is 5.26 Å². The van der Waals surface area contributed by atoms with Gasteiger partial charge in [0.15, 0.2) is 6.61 Å². The van der Waals surface area contributed by atoms with E-state index < -0.39 is 11.6 Å². The predicted molar refractivity (Wildman–Crippen MR) is 123 cm³/mol. The van der Waals surface area contributed by atoms with E-state index in [1.807, 2.05) is 68.6 Å². The van der Waals surface area contributed by atoms with Crippen LogP contribution in [0.25, 0.3) is 32.6 Å². The topological polar surface area (TPSA) is 75.1 Å². The van der Waals surface area contributed by atoms with Crippen molar-refractivity contribution in [3.63, 3.8) is 0 Å². The van der Waals surface area contributed by atoms with Crippen LogP contribution in [0, 0.1) is 11.3 Å². The van der Waals surface area contributed by atoms with Crippen molar-refractivity contribution in [2.24, 2.45) is 0 Å². The molecule has 0 spiro atoms. The van der Waals surface area contributed by atoms with Gasteiger partial charge in [0.05, 0.1) is 22.2 Å². The lowest BCUT2D eigenvalue weighted by Gasteiger charge is -2.19. The fourth-order valence-electron chi connectivity index (χ4n) is 3.46. The number of aromatic amines is 1. The van der Waals surface area contributed by atoms with Crippen LogP contribution in [0.3, 0.4) is 0 Å². The Bertz CT molecular complexity index is 1270. The minimum Gasteiger partial charge on any atom is -0.482 e. The lowest BCUT2D eigenvalue weighted by molar-refractivity contribution is -0.157. The smallest absolute Gasteiger partial charge is 0.344 e. The van der Waals surface area contributed by atoms with Gasteiger partial charge in [-0.3, -0.25) is 0 Å². The van der Waals surface area contributed by atoms with Crippen molar-refractivity contribution >= 4 is 28.2 Å². The average molecular weight is 431 g/mol. The highest BCUT2D eigenvalue weighted by atomic mass is 32.1. The van der Waals surface area contributed by atoms with E-state index in [2.05, 4.69) is 11.1 Å². The number of nitrogens with one attached hydrogen (secondary N) is 1. The number of nitrogens with zero attached hydrogens (tertiary/aromatic N) is 1. The van der Waals surface area contributed by atoms with Gasteiger partial charge in [0, 0.05) is 22.0 Å². The summed E-state index contributed by atoms with van der Waals surface area (Å²) in [5, 5.41) is 12.8. The van der Waals surface area contributed by atoms with Gasteiger partial charge < -0.3 is 14.5 Å². The number of rotatable bonds is 5. The largest absolute Gasteiger partial charge is 0.482 e. The van der Waals surface area contributed by atoms with E-state index in [1.165, 1.54) is 0 Å². The van der Waals surface area contributed by atoms with Crippen LogP contribution in [0.1, 0.15) is 26.3 Å². The molecule has 6 heteroatoms. The number of ether oxygens (including phenoxy) is 2. The number of carbonyl (C=O) groups excluding carboxylic acids is 1. The van der Waals surface area contributed by atoms with Gasteiger partial charge in [-0.2, -0.15) is 5.26 Å². The first kappa shape index (κ1) is 20.7. The molecule has 0 unspecified atom stereocenters. The van der Waals surface area contributed by atoms with E-state index in [0.29, 0.717) is 11.3 Å². The number of esters is 1. The van der Waals surface area contributed by atoms with Gasteiger partial charge in [-0.15, -0.1) is 11.3 Å². The normalized spacial score (nSPS) is 11.3. The maximum absolute atomic E-state index is 12.0. The Kier molecular flexibility index (Phi) is 5.53. The number of aromatic nitrogens is 1. The molecule has 4 aromatic rings. The number of para-hydroxylation sites is 1. The van der Waals surface area contributed by atoms with Crippen molar-refractivity contribution in [2.45, 2.75) is 26.4 Å².